The zero-order valence-corrected chi connectivity index (χ0v) is 9.33. The van der Waals surface area contributed by atoms with Crippen LogP contribution in [0, 0.1) is 0 Å². The van der Waals surface area contributed by atoms with Gasteiger partial charge in [-0.2, -0.15) is 35.4 Å². The van der Waals surface area contributed by atoms with Gasteiger partial charge in [-0.1, -0.05) is 5.22 Å². The van der Waals surface area contributed by atoms with E-state index in [1.807, 2.05) is 54.6 Å². The summed E-state index contributed by atoms with van der Waals surface area (Å²) in [6.07, 6.45) is 0. The van der Waals surface area contributed by atoms with Crippen LogP contribution in [0.4, 0.5) is 0 Å². The third-order valence-electron chi connectivity index (χ3n) is 1.62. The Balaban J connectivity index is 0.000000280. The molecule has 0 fully saturated rings. The van der Waals surface area contributed by atoms with E-state index >= 15 is 0 Å². The number of rotatable bonds is 2. The number of nitrogens with zero attached hydrogens (tertiary/aromatic N) is 2. The second-order valence-corrected chi connectivity index (χ2v) is 2.67. The van der Waals surface area contributed by atoms with Crippen molar-refractivity contribution >= 4 is 0 Å². The third kappa shape index (κ3) is 6.66. The quantitative estimate of drug-likeness (QED) is 0.285. The van der Waals surface area contributed by atoms with Crippen LogP contribution in [0.5, 0.6) is 0 Å². The van der Waals surface area contributed by atoms with Crippen LogP contribution in [0.2, 0.25) is 0 Å². The van der Waals surface area contributed by atoms with E-state index in [4.69, 9.17) is 5.84 Å². The molecule has 2 N–H and O–H groups in total. The summed E-state index contributed by atoms with van der Waals surface area (Å²) in [6.45, 7) is 0.587. The van der Waals surface area contributed by atoms with E-state index < -0.39 is 0 Å². The van der Waals surface area contributed by atoms with Crippen molar-refractivity contribution in [2.45, 2.75) is 6.54 Å². The summed E-state index contributed by atoms with van der Waals surface area (Å²) in [5, 5.41) is 6.75. The van der Waals surface area contributed by atoms with E-state index in [1.165, 1.54) is 0 Å². The molecule has 0 aliphatic rings. The summed E-state index contributed by atoms with van der Waals surface area (Å²) in [6, 6.07) is 17.9. The Bertz CT molecular complexity index is 307. The van der Waals surface area contributed by atoms with E-state index in [0.29, 0.717) is 6.54 Å². The summed E-state index contributed by atoms with van der Waals surface area (Å²) in [4.78, 5) is 0. The molecular formula is C11H13FeN3. The van der Waals surface area contributed by atoms with Gasteiger partial charge in [-0.25, -0.2) is 24.3 Å². The van der Waals surface area contributed by atoms with E-state index in [9.17, 15) is 0 Å². The molecule has 0 unspecified atom stereocenters. The van der Waals surface area contributed by atoms with Crippen LogP contribution in [0.3, 0.4) is 0 Å². The van der Waals surface area contributed by atoms with Gasteiger partial charge < -0.3 is 5.84 Å². The number of nitrogens with two attached hydrogens (primary N) is 1. The summed E-state index contributed by atoms with van der Waals surface area (Å²) >= 11 is 0. The molecule has 2 rings (SSSR count). The van der Waals surface area contributed by atoms with E-state index in [1.54, 1.807) is 0 Å². The second-order valence-electron chi connectivity index (χ2n) is 2.67. The first-order chi connectivity index (χ1) is 6.93. The van der Waals surface area contributed by atoms with Gasteiger partial charge in [0.05, 0.1) is 0 Å². The largest absolute Gasteiger partial charge is 2.00 e. The molecule has 0 aromatic heterocycles. The summed E-state index contributed by atoms with van der Waals surface area (Å²) < 4.78 is 0. The van der Waals surface area contributed by atoms with Gasteiger partial charge in [-0.15, -0.1) is 5.56 Å². The fourth-order valence-corrected chi connectivity index (χ4v) is 0.962. The predicted octanol–water partition coefficient (Wildman–Crippen LogP) is 2.63. The second kappa shape index (κ2) is 9.19. The summed E-state index contributed by atoms with van der Waals surface area (Å²) in [7, 11) is 0. The molecule has 0 spiro atoms. The van der Waals surface area contributed by atoms with Crippen LogP contribution in [-0.4, -0.2) is 0 Å². The Morgan fingerprint density at radius 2 is 1.67 bits per heavy atom. The Hall–Kier alpha value is -1.38. The van der Waals surface area contributed by atoms with Crippen LogP contribution >= 0.6 is 0 Å². The molecule has 0 bridgehead atoms. The number of hydrogen-bond donors (Lipinski definition) is 1. The molecule has 4 heteroatoms. The average molecular weight is 243 g/mol. The molecule has 0 aliphatic heterocycles. The zero-order valence-electron chi connectivity index (χ0n) is 8.23. The molecule has 0 atom stereocenters. The molecular weight excluding hydrogens is 230 g/mol. The Morgan fingerprint density at radius 1 is 1.07 bits per heavy atom. The molecule has 0 aliphatic carbocycles. The molecule has 0 saturated carbocycles. The minimum Gasteiger partial charge on any atom is -0.305 e. The first-order valence-corrected chi connectivity index (χ1v) is 4.37. The van der Waals surface area contributed by atoms with Crippen molar-refractivity contribution in [2.75, 3.05) is 0 Å². The van der Waals surface area contributed by atoms with Crippen molar-refractivity contribution in [2.24, 2.45) is 16.2 Å². The molecule has 3 nitrogen and oxygen atoms in total. The van der Waals surface area contributed by atoms with Gasteiger partial charge in [0, 0.05) is 6.54 Å². The average Bonchev–Trinajstić information content (AvgIpc) is 2.90. The standard InChI is InChI=1S/C6H8N3.C5H5.Fe/c7-9-8-5-6-3-1-2-4-6;1-2-4-5-3-1;/h1-4H,5H2,(H2,7,8);1-5H;/q2*-1;+2. The Labute approximate surface area is 100 Å². The summed E-state index contributed by atoms with van der Waals surface area (Å²) in [5.74, 6) is 4.80. The minimum atomic E-state index is 0. The monoisotopic (exact) mass is 243 g/mol. The van der Waals surface area contributed by atoms with Gasteiger partial charge in [0.2, 0.25) is 0 Å². The van der Waals surface area contributed by atoms with E-state index in [2.05, 4.69) is 10.3 Å². The molecule has 15 heavy (non-hydrogen) atoms. The first kappa shape index (κ1) is 13.6. The Morgan fingerprint density at radius 3 is 2.07 bits per heavy atom. The predicted molar refractivity (Wildman–Crippen MR) is 56.8 cm³/mol. The maximum Gasteiger partial charge on any atom is 2.00 e. The van der Waals surface area contributed by atoms with Gasteiger partial charge >= 0.3 is 17.1 Å². The fourth-order valence-electron chi connectivity index (χ4n) is 0.962. The zero-order chi connectivity index (χ0) is 10.1. The van der Waals surface area contributed by atoms with Crippen molar-refractivity contribution < 1.29 is 17.1 Å². The molecule has 0 radical (unpaired) electrons. The van der Waals surface area contributed by atoms with Gasteiger partial charge in [0.15, 0.2) is 0 Å². The van der Waals surface area contributed by atoms with Crippen molar-refractivity contribution in [3.63, 3.8) is 0 Å². The van der Waals surface area contributed by atoms with E-state index in [0.717, 1.165) is 5.56 Å². The maximum atomic E-state index is 4.80. The molecule has 0 saturated heterocycles. The van der Waals surface area contributed by atoms with Crippen LogP contribution in [-0.2, 0) is 23.6 Å². The van der Waals surface area contributed by atoms with Gasteiger partial charge in [-0.3, -0.25) is 0 Å². The van der Waals surface area contributed by atoms with Crippen molar-refractivity contribution in [3.8, 4) is 0 Å². The Kier molecular flexibility index (Phi) is 8.34. The summed E-state index contributed by atoms with van der Waals surface area (Å²) in [5.41, 5.74) is 1.14. The molecule has 2 aromatic carbocycles. The van der Waals surface area contributed by atoms with Crippen LogP contribution in [0.1, 0.15) is 5.56 Å². The van der Waals surface area contributed by atoms with Gasteiger partial charge in [0.1, 0.15) is 0 Å². The minimum absolute atomic E-state index is 0. The van der Waals surface area contributed by atoms with Crippen molar-refractivity contribution in [1.29, 1.82) is 0 Å². The first-order valence-electron chi connectivity index (χ1n) is 4.37. The SMILES string of the molecule is NN=NC[c-]1cccc1.[Fe+2].c1cc[cH-]c1. The molecule has 0 heterocycles. The van der Waals surface area contributed by atoms with E-state index in [-0.39, 0.29) is 17.1 Å². The maximum absolute atomic E-state index is 4.80. The normalized spacial score (nSPS) is 9.07. The fraction of sp³-hybridized carbons (Fsp3) is 0.0909. The molecule has 80 valence electrons. The van der Waals surface area contributed by atoms with Crippen LogP contribution < -0.4 is 5.84 Å². The molecule has 0 amide bonds. The molecule has 2 aromatic rings. The smallest absolute Gasteiger partial charge is 0.305 e. The third-order valence-corrected chi connectivity index (χ3v) is 1.62. The van der Waals surface area contributed by atoms with Crippen LogP contribution in [0.15, 0.2) is 64.9 Å². The van der Waals surface area contributed by atoms with Gasteiger partial charge in [0.25, 0.3) is 0 Å². The topological polar surface area (TPSA) is 50.7 Å². The van der Waals surface area contributed by atoms with Gasteiger partial charge in [-0.05, 0) is 0 Å². The number of hydrogen-bond acceptors (Lipinski definition) is 2. The van der Waals surface area contributed by atoms with Crippen molar-refractivity contribution in [3.05, 3.63) is 60.2 Å². The van der Waals surface area contributed by atoms with Crippen LogP contribution in [0.25, 0.3) is 0 Å². The van der Waals surface area contributed by atoms with Crippen molar-refractivity contribution in [1.82, 2.24) is 0 Å².